The zero-order valence-electron chi connectivity index (χ0n) is 18.6. The van der Waals surface area contributed by atoms with Crippen molar-refractivity contribution in [2.75, 3.05) is 0 Å². The standard InChI is InChI=1S/C27H23ClN4O2/c1-18(15-24(33)29-16-19-7-3-2-4-8-19)26-25(20-11-13-21(28)14-12-20)31-27(34-26)32-17-30-22-9-5-6-10-23(22)32/h2-14,17-18H,15-16H2,1H3,(H,29,33). The Kier molecular flexibility index (Phi) is 6.14. The largest absolute Gasteiger partial charge is 0.427 e. The van der Waals surface area contributed by atoms with Crippen molar-refractivity contribution in [3.63, 3.8) is 0 Å². The normalized spacial score (nSPS) is 12.1. The van der Waals surface area contributed by atoms with E-state index in [1.54, 1.807) is 6.33 Å². The lowest BCUT2D eigenvalue weighted by atomic mass is 9.99. The van der Waals surface area contributed by atoms with Crippen molar-refractivity contribution in [2.45, 2.75) is 25.8 Å². The van der Waals surface area contributed by atoms with Crippen LogP contribution in [0.5, 0.6) is 0 Å². The Morgan fingerprint density at radius 1 is 1.03 bits per heavy atom. The van der Waals surface area contributed by atoms with Crippen molar-refractivity contribution >= 4 is 28.5 Å². The fourth-order valence-electron chi connectivity index (χ4n) is 3.92. The lowest BCUT2D eigenvalue weighted by Gasteiger charge is -2.11. The number of imidazole rings is 1. The molecular weight excluding hydrogens is 448 g/mol. The molecule has 0 aliphatic carbocycles. The zero-order chi connectivity index (χ0) is 23.5. The Labute approximate surface area is 202 Å². The predicted molar refractivity (Wildman–Crippen MR) is 133 cm³/mol. The first kappa shape index (κ1) is 21.9. The molecule has 7 heteroatoms. The van der Waals surface area contributed by atoms with Gasteiger partial charge in [-0.3, -0.25) is 9.36 Å². The fourth-order valence-corrected chi connectivity index (χ4v) is 4.05. The summed E-state index contributed by atoms with van der Waals surface area (Å²) < 4.78 is 8.10. The molecule has 0 saturated heterocycles. The van der Waals surface area contributed by atoms with Crippen molar-refractivity contribution < 1.29 is 9.21 Å². The molecule has 1 N–H and O–H groups in total. The van der Waals surface area contributed by atoms with Gasteiger partial charge >= 0.3 is 6.01 Å². The van der Waals surface area contributed by atoms with Crippen LogP contribution in [-0.2, 0) is 11.3 Å². The van der Waals surface area contributed by atoms with Crippen LogP contribution in [0.2, 0.25) is 5.02 Å². The van der Waals surface area contributed by atoms with Gasteiger partial charge in [0.1, 0.15) is 17.8 Å². The Bertz CT molecular complexity index is 1420. The third-order valence-corrected chi connectivity index (χ3v) is 5.94. The average molecular weight is 471 g/mol. The third kappa shape index (κ3) is 4.58. The molecule has 0 aliphatic heterocycles. The van der Waals surface area contributed by atoms with E-state index >= 15 is 0 Å². The molecule has 170 valence electrons. The molecule has 1 amide bonds. The minimum absolute atomic E-state index is 0.0514. The Hall–Kier alpha value is -3.90. The molecule has 34 heavy (non-hydrogen) atoms. The third-order valence-electron chi connectivity index (χ3n) is 5.69. The van der Waals surface area contributed by atoms with Gasteiger partial charge in [0.2, 0.25) is 5.91 Å². The summed E-state index contributed by atoms with van der Waals surface area (Å²) in [4.78, 5) is 21.9. The van der Waals surface area contributed by atoms with E-state index < -0.39 is 0 Å². The Morgan fingerprint density at radius 3 is 2.56 bits per heavy atom. The second-order valence-corrected chi connectivity index (χ2v) is 8.62. The highest BCUT2D eigenvalue weighted by Gasteiger charge is 2.24. The summed E-state index contributed by atoms with van der Waals surface area (Å²) in [6, 6.07) is 25.5. The van der Waals surface area contributed by atoms with Gasteiger partial charge in [-0.1, -0.05) is 73.1 Å². The van der Waals surface area contributed by atoms with Crippen LogP contribution in [-0.4, -0.2) is 20.4 Å². The molecule has 1 atom stereocenters. The quantitative estimate of drug-likeness (QED) is 0.310. The van der Waals surface area contributed by atoms with Crippen LogP contribution in [0.25, 0.3) is 28.3 Å². The van der Waals surface area contributed by atoms with Crippen molar-refractivity contribution in [1.29, 1.82) is 0 Å². The van der Waals surface area contributed by atoms with E-state index in [-0.39, 0.29) is 18.2 Å². The average Bonchev–Trinajstić information content (AvgIpc) is 3.49. The van der Waals surface area contributed by atoms with E-state index in [1.807, 2.05) is 90.4 Å². The second-order valence-electron chi connectivity index (χ2n) is 8.19. The molecule has 3 aromatic carbocycles. The molecule has 6 nitrogen and oxygen atoms in total. The van der Waals surface area contributed by atoms with Crippen molar-refractivity contribution in [2.24, 2.45) is 0 Å². The summed E-state index contributed by atoms with van der Waals surface area (Å²) in [5, 5.41) is 3.63. The van der Waals surface area contributed by atoms with Gasteiger partial charge in [-0.15, -0.1) is 0 Å². The Balaban J connectivity index is 1.45. The summed E-state index contributed by atoms with van der Waals surface area (Å²) >= 11 is 6.10. The van der Waals surface area contributed by atoms with Gasteiger partial charge < -0.3 is 9.73 Å². The number of para-hydroxylation sites is 2. The minimum Gasteiger partial charge on any atom is -0.427 e. The van der Waals surface area contributed by atoms with Gasteiger partial charge in [-0.2, -0.15) is 4.98 Å². The van der Waals surface area contributed by atoms with Crippen LogP contribution in [0.3, 0.4) is 0 Å². The molecule has 1 unspecified atom stereocenters. The number of halogens is 1. The van der Waals surface area contributed by atoms with Crippen molar-refractivity contribution in [3.8, 4) is 17.3 Å². The van der Waals surface area contributed by atoms with Gasteiger partial charge in [-0.25, -0.2) is 4.98 Å². The first-order valence-corrected chi connectivity index (χ1v) is 11.5. The number of nitrogens with zero attached hydrogens (tertiary/aromatic N) is 3. The molecule has 2 aromatic heterocycles. The van der Waals surface area contributed by atoms with E-state index in [0.29, 0.717) is 29.0 Å². The molecule has 0 spiro atoms. The summed E-state index contributed by atoms with van der Waals surface area (Å²) in [5.74, 6) is 0.395. The van der Waals surface area contributed by atoms with Crippen LogP contribution in [0.4, 0.5) is 0 Å². The number of carbonyl (C=O) groups is 1. The van der Waals surface area contributed by atoms with Crippen molar-refractivity contribution in [3.05, 3.63) is 102 Å². The number of oxazole rings is 1. The highest BCUT2D eigenvalue weighted by atomic mass is 35.5. The molecule has 0 bridgehead atoms. The second kappa shape index (κ2) is 9.53. The number of amides is 1. The van der Waals surface area contributed by atoms with E-state index in [1.165, 1.54) is 0 Å². The fraction of sp³-hybridized carbons (Fsp3) is 0.148. The number of rotatable bonds is 7. The van der Waals surface area contributed by atoms with Gasteiger partial charge in [0, 0.05) is 29.5 Å². The number of carbonyl (C=O) groups excluding carboxylic acids is 1. The first-order valence-electron chi connectivity index (χ1n) is 11.1. The summed E-state index contributed by atoms with van der Waals surface area (Å²) in [7, 11) is 0. The highest BCUT2D eigenvalue weighted by Crippen LogP contribution is 2.34. The topological polar surface area (TPSA) is 73.0 Å². The van der Waals surface area contributed by atoms with E-state index in [4.69, 9.17) is 21.0 Å². The number of aromatic nitrogens is 3. The highest BCUT2D eigenvalue weighted by molar-refractivity contribution is 6.30. The molecule has 0 fully saturated rings. The predicted octanol–water partition coefficient (Wildman–Crippen LogP) is 6.14. The SMILES string of the molecule is CC(CC(=O)NCc1ccccc1)c1oc(-n2cnc3ccccc32)nc1-c1ccc(Cl)cc1. The van der Waals surface area contributed by atoms with Gasteiger partial charge in [0.05, 0.1) is 11.0 Å². The van der Waals surface area contributed by atoms with E-state index in [0.717, 1.165) is 22.2 Å². The van der Waals surface area contributed by atoms with Gasteiger partial charge in [0.25, 0.3) is 0 Å². The number of benzene rings is 3. The monoisotopic (exact) mass is 470 g/mol. The lowest BCUT2D eigenvalue weighted by Crippen LogP contribution is -2.24. The number of hydrogen-bond acceptors (Lipinski definition) is 4. The molecular formula is C27H23ClN4O2. The number of fused-ring (bicyclic) bond motifs is 1. The van der Waals surface area contributed by atoms with E-state index in [2.05, 4.69) is 10.3 Å². The molecule has 0 aliphatic rings. The smallest absolute Gasteiger partial charge is 0.308 e. The maximum Gasteiger partial charge on any atom is 0.308 e. The van der Waals surface area contributed by atoms with E-state index in [9.17, 15) is 4.79 Å². The number of hydrogen-bond donors (Lipinski definition) is 1. The summed E-state index contributed by atoms with van der Waals surface area (Å²) in [5.41, 5.74) is 4.36. The molecule has 2 heterocycles. The molecule has 5 aromatic rings. The van der Waals surface area contributed by atoms with Crippen LogP contribution < -0.4 is 5.32 Å². The maximum atomic E-state index is 12.7. The lowest BCUT2D eigenvalue weighted by molar-refractivity contribution is -0.121. The Morgan fingerprint density at radius 2 is 1.76 bits per heavy atom. The summed E-state index contributed by atoms with van der Waals surface area (Å²) in [6.45, 7) is 2.46. The molecule has 0 radical (unpaired) electrons. The van der Waals surface area contributed by atoms with Crippen LogP contribution in [0.15, 0.2) is 89.6 Å². The van der Waals surface area contributed by atoms with Gasteiger partial charge in [0.15, 0.2) is 0 Å². The molecule has 0 saturated carbocycles. The summed E-state index contributed by atoms with van der Waals surface area (Å²) in [6.07, 6.45) is 1.97. The van der Waals surface area contributed by atoms with Gasteiger partial charge in [-0.05, 0) is 29.8 Å². The first-order chi connectivity index (χ1) is 16.6. The molecule has 5 rings (SSSR count). The van der Waals surface area contributed by atoms with Crippen LogP contribution in [0, 0.1) is 0 Å². The zero-order valence-corrected chi connectivity index (χ0v) is 19.4. The minimum atomic E-state index is -0.197. The van der Waals surface area contributed by atoms with Crippen molar-refractivity contribution in [1.82, 2.24) is 19.9 Å². The van der Waals surface area contributed by atoms with Crippen LogP contribution >= 0.6 is 11.6 Å². The number of nitrogens with one attached hydrogen (secondary N) is 1. The maximum absolute atomic E-state index is 12.7. The van der Waals surface area contributed by atoms with Crippen LogP contribution in [0.1, 0.15) is 30.6 Å².